The molecule has 0 radical (unpaired) electrons. The smallest absolute Gasteiger partial charge is 0.410 e. The number of benzene rings is 2. The van der Waals surface area contributed by atoms with Gasteiger partial charge in [-0.1, -0.05) is 48.5 Å². The van der Waals surface area contributed by atoms with Gasteiger partial charge in [-0.25, -0.2) is 4.79 Å². The van der Waals surface area contributed by atoms with Crippen LogP contribution in [0.25, 0.3) is 0 Å². The number of hydrogen-bond acceptors (Lipinski definition) is 5. The van der Waals surface area contributed by atoms with E-state index in [-0.39, 0.29) is 10.8 Å². The molecule has 2 aromatic carbocycles. The minimum absolute atomic E-state index is 0.320. The van der Waals surface area contributed by atoms with E-state index in [9.17, 15) is 14.7 Å². The molecule has 2 atom stereocenters. The lowest BCUT2D eigenvalue weighted by molar-refractivity contribution is -0.139. The van der Waals surface area contributed by atoms with E-state index >= 15 is 0 Å². The van der Waals surface area contributed by atoms with Gasteiger partial charge in [0.15, 0.2) is 0 Å². The Balaban J connectivity index is 1.78. The summed E-state index contributed by atoms with van der Waals surface area (Å²) in [7, 11) is 0. The first-order valence-corrected chi connectivity index (χ1v) is 12.2. The van der Waals surface area contributed by atoms with Crippen molar-refractivity contribution in [1.82, 2.24) is 10.2 Å². The van der Waals surface area contributed by atoms with Crippen LogP contribution in [0.1, 0.15) is 39.2 Å². The molecule has 178 valence electrons. The third-order valence-electron chi connectivity index (χ3n) is 5.52. The average Bonchev–Trinajstić information content (AvgIpc) is 2.77. The molecule has 0 aromatic heterocycles. The topological polar surface area (TPSA) is 78.9 Å². The predicted molar refractivity (Wildman–Crippen MR) is 132 cm³/mol. The Kier molecular flexibility index (Phi) is 8.43. The molecule has 0 spiro atoms. The van der Waals surface area contributed by atoms with Crippen molar-refractivity contribution in [1.29, 1.82) is 0 Å². The number of likely N-dealkylation sites (tertiary alicyclic amines) is 1. The number of aliphatic carboxylic acids is 1. The van der Waals surface area contributed by atoms with Crippen molar-refractivity contribution in [3.63, 3.8) is 0 Å². The summed E-state index contributed by atoms with van der Waals surface area (Å²) in [6, 6.07) is 19.0. The zero-order valence-corrected chi connectivity index (χ0v) is 20.4. The molecular weight excluding hydrogens is 436 g/mol. The van der Waals surface area contributed by atoms with Crippen LogP contribution in [-0.4, -0.2) is 58.1 Å². The van der Waals surface area contributed by atoms with Crippen molar-refractivity contribution in [3.05, 3.63) is 66.2 Å². The lowest BCUT2D eigenvalue weighted by atomic mass is 9.96. The molecule has 3 rings (SSSR count). The number of rotatable bonds is 8. The molecule has 1 fully saturated rings. The van der Waals surface area contributed by atoms with Crippen LogP contribution in [0.5, 0.6) is 0 Å². The third-order valence-corrected chi connectivity index (χ3v) is 6.94. The van der Waals surface area contributed by atoms with Gasteiger partial charge in [0.05, 0.1) is 4.75 Å². The van der Waals surface area contributed by atoms with Gasteiger partial charge in [-0.2, -0.15) is 0 Å². The molecular formula is C26H34N2O4S. The Bertz CT molecular complexity index is 917. The first kappa shape index (κ1) is 25.1. The number of hydrogen-bond donors (Lipinski definition) is 2. The highest BCUT2D eigenvalue weighted by molar-refractivity contribution is 8.00. The number of thioether (sulfide) groups is 1. The Morgan fingerprint density at radius 3 is 2.36 bits per heavy atom. The summed E-state index contributed by atoms with van der Waals surface area (Å²) in [6.45, 7) is 7.19. The molecule has 1 unspecified atom stereocenters. The average molecular weight is 471 g/mol. The SMILES string of the molecule is CC(C)(C)OC(=O)N1CCCC(CN[C@@H](Cc2ccccc2)C(=O)O)(Sc2ccccc2)C1. The van der Waals surface area contributed by atoms with Gasteiger partial charge < -0.3 is 20.1 Å². The van der Waals surface area contributed by atoms with Crippen LogP contribution in [0.15, 0.2) is 65.6 Å². The van der Waals surface area contributed by atoms with Crippen LogP contribution in [0, 0.1) is 0 Å². The molecule has 1 aliphatic rings. The largest absolute Gasteiger partial charge is 0.480 e. The fourth-order valence-electron chi connectivity index (χ4n) is 3.99. The number of nitrogens with one attached hydrogen (secondary N) is 1. The second-order valence-electron chi connectivity index (χ2n) is 9.57. The molecule has 2 aromatic rings. The zero-order chi connectivity index (χ0) is 23.9. The van der Waals surface area contributed by atoms with Crippen LogP contribution in [0.4, 0.5) is 4.79 Å². The van der Waals surface area contributed by atoms with E-state index in [0.717, 1.165) is 23.3 Å². The normalized spacial score (nSPS) is 19.7. The predicted octanol–water partition coefficient (Wildman–Crippen LogP) is 4.83. The molecule has 0 bridgehead atoms. The molecule has 1 amide bonds. The van der Waals surface area contributed by atoms with Crippen molar-refractivity contribution in [2.24, 2.45) is 0 Å². The Morgan fingerprint density at radius 2 is 1.76 bits per heavy atom. The van der Waals surface area contributed by atoms with Crippen molar-refractivity contribution < 1.29 is 19.4 Å². The van der Waals surface area contributed by atoms with Crippen LogP contribution >= 0.6 is 11.8 Å². The van der Waals surface area contributed by atoms with E-state index in [1.807, 2.05) is 69.3 Å². The van der Waals surface area contributed by atoms with Crippen LogP contribution < -0.4 is 5.32 Å². The standard InChI is InChI=1S/C26H34N2O4S/c1-25(2,3)32-24(31)28-16-10-15-26(19-28,33-21-13-8-5-9-14-21)18-27-22(23(29)30)17-20-11-6-4-7-12-20/h4-9,11-14,22,27H,10,15-19H2,1-3H3,(H,29,30)/t22-,26?/m0/s1. The maximum Gasteiger partial charge on any atom is 0.410 e. The molecule has 0 saturated carbocycles. The Morgan fingerprint density at radius 1 is 1.12 bits per heavy atom. The van der Waals surface area contributed by atoms with Crippen molar-refractivity contribution in [3.8, 4) is 0 Å². The lowest BCUT2D eigenvalue weighted by Gasteiger charge is -2.43. The van der Waals surface area contributed by atoms with Crippen LogP contribution in [0.3, 0.4) is 0 Å². The summed E-state index contributed by atoms with van der Waals surface area (Å²) in [6.07, 6.45) is 1.78. The van der Waals surface area contributed by atoms with Gasteiger partial charge in [-0.05, 0) is 57.7 Å². The van der Waals surface area contributed by atoms with Gasteiger partial charge in [0, 0.05) is 24.5 Å². The van der Waals surface area contributed by atoms with Gasteiger partial charge >= 0.3 is 12.1 Å². The number of carbonyl (C=O) groups is 2. The van der Waals surface area contributed by atoms with E-state index in [0.29, 0.717) is 26.1 Å². The number of carboxylic acids is 1. The molecule has 1 heterocycles. The summed E-state index contributed by atoms with van der Waals surface area (Å²) >= 11 is 1.71. The second kappa shape index (κ2) is 11.1. The first-order chi connectivity index (χ1) is 15.7. The summed E-state index contributed by atoms with van der Waals surface area (Å²) in [5.74, 6) is -0.876. The fraction of sp³-hybridized carbons (Fsp3) is 0.462. The quantitative estimate of drug-likeness (QED) is 0.575. The van der Waals surface area contributed by atoms with Crippen LogP contribution in [0.2, 0.25) is 0 Å². The molecule has 33 heavy (non-hydrogen) atoms. The molecule has 1 saturated heterocycles. The summed E-state index contributed by atoms with van der Waals surface area (Å²) in [5.41, 5.74) is 0.410. The highest BCUT2D eigenvalue weighted by atomic mass is 32.2. The van der Waals surface area contributed by atoms with E-state index in [2.05, 4.69) is 17.4 Å². The minimum atomic E-state index is -0.876. The second-order valence-corrected chi connectivity index (χ2v) is 11.1. The Hall–Kier alpha value is -2.51. The first-order valence-electron chi connectivity index (χ1n) is 11.4. The van der Waals surface area contributed by atoms with Gasteiger partial charge in [0.25, 0.3) is 0 Å². The number of piperidine rings is 1. The van der Waals surface area contributed by atoms with Crippen molar-refractivity contribution >= 4 is 23.8 Å². The molecule has 0 aliphatic carbocycles. The van der Waals surface area contributed by atoms with Gasteiger partial charge in [0.1, 0.15) is 11.6 Å². The van der Waals surface area contributed by atoms with E-state index < -0.39 is 17.6 Å². The summed E-state index contributed by atoms with van der Waals surface area (Å²) in [4.78, 5) is 27.7. The molecule has 6 nitrogen and oxygen atoms in total. The van der Waals surface area contributed by atoms with Gasteiger partial charge in [0.2, 0.25) is 0 Å². The number of ether oxygens (including phenoxy) is 1. The van der Waals surface area contributed by atoms with E-state index in [1.165, 1.54) is 0 Å². The van der Waals surface area contributed by atoms with Crippen molar-refractivity contribution in [2.45, 2.75) is 61.3 Å². The lowest BCUT2D eigenvalue weighted by Crippen LogP contribution is -2.56. The summed E-state index contributed by atoms with van der Waals surface area (Å²) < 4.78 is 5.27. The summed E-state index contributed by atoms with van der Waals surface area (Å²) in [5, 5.41) is 13.2. The number of carboxylic acid groups (broad SMARTS) is 1. The minimum Gasteiger partial charge on any atom is -0.480 e. The monoisotopic (exact) mass is 470 g/mol. The number of amides is 1. The van der Waals surface area contributed by atoms with Crippen LogP contribution in [-0.2, 0) is 16.0 Å². The highest BCUT2D eigenvalue weighted by Crippen LogP contribution is 2.40. The molecule has 2 N–H and O–H groups in total. The van der Waals surface area contributed by atoms with E-state index in [4.69, 9.17) is 4.74 Å². The zero-order valence-electron chi connectivity index (χ0n) is 19.6. The molecule has 7 heteroatoms. The van der Waals surface area contributed by atoms with Gasteiger partial charge in [-0.3, -0.25) is 4.79 Å². The van der Waals surface area contributed by atoms with Crippen molar-refractivity contribution in [2.75, 3.05) is 19.6 Å². The maximum atomic E-state index is 12.8. The fourth-order valence-corrected chi connectivity index (χ4v) is 5.40. The number of carbonyl (C=O) groups excluding carboxylic acids is 1. The number of nitrogens with zero attached hydrogens (tertiary/aromatic N) is 1. The third kappa shape index (κ3) is 7.79. The van der Waals surface area contributed by atoms with Gasteiger partial charge in [-0.15, -0.1) is 11.8 Å². The molecule has 1 aliphatic heterocycles. The highest BCUT2D eigenvalue weighted by Gasteiger charge is 2.40. The maximum absolute atomic E-state index is 12.8. The Labute approximate surface area is 200 Å². The van der Waals surface area contributed by atoms with E-state index in [1.54, 1.807) is 16.7 Å².